The highest BCUT2D eigenvalue weighted by atomic mass is 32.1. The molecule has 0 saturated heterocycles. The van der Waals surface area contributed by atoms with Crippen molar-refractivity contribution in [2.24, 2.45) is 7.05 Å². The molecule has 0 radical (unpaired) electrons. The standard InChI is InChI=1S/C20H23N3O4S/c1-4-27-20(26)15-11-23(3)19-14(18(15)25)9-13(28-19)10-22(2)12-17(24)16-7-5-6-8-21-16/h5-9,11,17,24H,4,10,12H2,1-3H3/t17-/m1/s1. The van der Waals surface area contributed by atoms with Crippen molar-refractivity contribution in [1.29, 1.82) is 0 Å². The summed E-state index contributed by atoms with van der Waals surface area (Å²) in [6.07, 6.45) is 2.49. The first-order chi connectivity index (χ1) is 13.4. The molecular formula is C20H23N3O4S. The number of aromatic nitrogens is 2. The van der Waals surface area contributed by atoms with Gasteiger partial charge in [-0.25, -0.2) is 4.79 Å². The largest absolute Gasteiger partial charge is 0.462 e. The molecule has 1 atom stereocenters. The van der Waals surface area contributed by atoms with Crippen LogP contribution in [0.25, 0.3) is 10.2 Å². The zero-order chi connectivity index (χ0) is 20.3. The summed E-state index contributed by atoms with van der Waals surface area (Å²) in [5.74, 6) is -0.603. The molecule has 0 spiro atoms. The Bertz CT molecular complexity index is 1030. The lowest BCUT2D eigenvalue weighted by Crippen LogP contribution is -2.24. The van der Waals surface area contributed by atoms with Gasteiger partial charge in [-0.15, -0.1) is 11.3 Å². The average molecular weight is 401 g/mol. The molecule has 0 bridgehead atoms. The van der Waals surface area contributed by atoms with Gasteiger partial charge in [0.2, 0.25) is 5.43 Å². The molecule has 0 unspecified atom stereocenters. The maximum Gasteiger partial charge on any atom is 0.343 e. The van der Waals surface area contributed by atoms with Gasteiger partial charge in [-0.2, -0.15) is 0 Å². The van der Waals surface area contributed by atoms with Gasteiger partial charge in [0.1, 0.15) is 16.5 Å². The Labute approximate surface area is 166 Å². The molecule has 0 aliphatic carbocycles. The number of carbonyl (C=O) groups excluding carboxylic acids is 1. The number of ether oxygens (including phenoxy) is 1. The molecule has 3 heterocycles. The predicted molar refractivity (Wildman–Crippen MR) is 109 cm³/mol. The smallest absolute Gasteiger partial charge is 0.343 e. The number of pyridine rings is 2. The fraction of sp³-hybridized carbons (Fsp3) is 0.350. The lowest BCUT2D eigenvalue weighted by atomic mass is 10.2. The van der Waals surface area contributed by atoms with Gasteiger partial charge in [0.25, 0.3) is 0 Å². The van der Waals surface area contributed by atoms with Crippen LogP contribution in [-0.2, 0) is 18.3 Å². The zero-order valence-corrected chi connectivity index (χ0v) is 16.9. The number of likely N-dealkylation sites (N-methyl/N-ethyl adjacent to an activating group) is 1. The Morgan fingerprint density at radius 2 is 2.21 bits per heavy atom. The second-order valence-corrected chi connectivity index (χ2v) is 7.72. The molecule has 1 N–H and O–H groups in total. The number of hydrogen-bond acceptors (Lipinski definition) is 7. The van der Waals surface area contributed by atoms with Gasteiger partial charge in [-0.05, 0) is 32.2 Å². The molecule has 0 saturated carbocycles. The van der Waals surface area contributed by atoms with E-state index in [4.69, 9.17) is 4.74 Å². The maximum absolute atomic E-state index is 12.7. The van der Waals surface area contributed by atoms with Crippen LogP contribution in [0.1, 0.15) is 34.0 Å². The number of nitrogens with zero attached hydrogens (tertiary/aromatic N) is 3. The fourth-order valence-corrected chi connectivity index (χ4v) is 4.20. The minimum Gasteiger partial charge on any atom is -0.462 e. The Balaban J connectivity index is 1.80. The van der Waals surface area contributed by atoms with Crippen molar-refractivity contribution < 1.29 is 14.6 Å². The van der Waals surface area contributed by atoms with Gasteiger partial charge in [-0.1, -0.05) is 6.07 Å². The van der Waals surface area contributed by atoms with Gasteiger partial charge >= 0.3 is 5.97 Å². The summed E-state index contributed by atoms with van der Waals surface area (Å²) in [6, 6.07) is 7.25. The van der Waals surface area contributed by atoms with Crippen molar-refractivity contribution in [3.63, 3.8) is 0 Å². The van der Waals surface area contributed by atoms with Crippen LogP contribution >= 0.6 is 11.3 Å². The van der Waals surface area contributed by atoms with Crippen LogP contribution in [-0.4, -0.2) is 45.7 Å². The van der Waals surface area contributed by atoms with E-state index in [0.717, 1.165) is 9.71 Å². The van der Waals surface area contributed by atoms with Crippen LogP contribution in [0.15, 0.2) is 41.5 Å². The van der Waals surface area contributed by atoms with Crippen LogP contribution in [0, 0.1) is 0 Å². The highest BCUT2D eigenvalue weighted by Gasteiger charge is 2.18. The van der Waals surface area contributed by atoms with E-state index in [2.05, 4.69) is 4.98 Å². The van der Waals surface area contributed by atoms with Gasteiger partial charge in [0.15, 0.2) is 0 Å². The molecule has 0 amide bonds. The van der Waals surface area contributed by atoms with Gasteiger partial charge in [0.05, 0.1) is 17.7 Å². The van der Waals surface area contributed by atoms with Crippen LogP contribution in [0.3, 0.4) is 0 Å². The third-order valence-corrected chi connectivity index (χ3v) is 5.54. The van der Waals surface area contributed by atoms with E-state index in [-0.39, 0.29) is 17.6 Å². The third-order valence-electron chi connectivity index (χ3n) is 4.33. The van der Waals surface area contributed by atoms with Crippen LogP contribution in [0.5, 0.6) is 0 Å². The van der Waals surface area contributed by atoms with Crippen molar-refractivity contribution in [3.05, 3.63) is 63.0 Å². The van der Waals surface area contributed by atoms with Crippen molar-refractivity contribution in [2.75, 3.05) is 20.2 Å². The monoisotopic (exact) mass is 401 g/mol. The van der Waals surface area contributed by atoms with E-state index in [1.165, 1.54) is 17.5 Å². The fourth-order valence-electron chi connectivity index (χ4n) is 3.04. The van der Waals surface area contributed by atoms with E-state index in [1.807, 2.05) is 30.1 Å². The second kappa shape index (κ2) is 8.64. The Morgan fingerprint density at radius 3 is 2.89 bits per heavy atom. The van der Waals surface area contributed by atoms with Crippen molar-refractivity contribution in [3.8, 4) is 0 Å². The van der Waals surface area contributed by atoms with E-state index >= 15 is 0 Å². The molecule has 3 aromatic rings. The van der Waals surface area contributed by atoms with Crippen LogP contribution in [0.2, 0.25) is 0 Å². The Morgan fingerprint density at radius 1 is 1.43 bits per heavy atom. The number of esters is 1. The SMILES string of the molecule is CCOC(=O)c1cn(C)c2sc(CN(C)C[C@@H](O)c3ccccn3)cc2c1=O. The quantitative estimate of drug-likeness (QED) is 0.612. The molecule has 0 aromatic carbocycles. The molecule has 0 fully saturated rings. The first-order valence-corrected chi connectivity index (χ1v) is 9.79. The Hall–Kier alpha value is -2.55. The lowest BCUT2D eigenvalue weighted by Gasteiger charge is -2.19. The molecule has 8 heteroatoms. The lowest BCUT2D eigenvalue weighted by molar-refractivity contribution is 0.0524. The van der Waals surface area contributed by atoms with E-state index < -0.39 is 12.1 Å². The third kappa shape index (κ3) is 4.30. The maximum atomic E-state index is 12.7. The van der Waals surface area contributed by atoms with Crippen molar-refractivity contribution in [1.82, 2.24) is 14.5 Å². The Kier molecular flexibility index (Phi) is 6.23. The van der Waals surface area contributed by atoms with Crippen LogP contribution < -0.4 is 5.43 Å². The molecule has 3 aromatic heterocycles. The minimum atomic E-state index is -0.692. The molecular weight excluding hydrogens is 378 g/mol. The molecule has 148 valence electrons. The number of aliphatic hydroxyl groups excluding tert-OH is 1. The number of aliphatic hydroxyl groups is 1. The summed E-state index contributed by atoms with van der Waals surface area (Å²) in [5.41, 5.74) is 0.350. The van der Waals surface area contributed by atoms with E-state index in [9.17, 15) is 14.7 Å². The van der Waals surface area contributed by atoms with Crippen molar-refractivity contribution in [2.45, 2.75) is 19.6 Å². The average Bonchev–Trinajstić information content (AvgIpc) is 3.10. The molecule has 0 aliphatic heterocycles. The summed E-state index contributed by atoms with van der Waals surface area (Å²) in [6.45, 7) is 2.91. The van der Waals surface area contributed by atoms with E-state index in [0.29, 0.717) is 24.2 Å². The number of hydrogen-bond donors (Lipinski definition) is 1. The van der Waals surface area contributed by atoms with Gasteiger partial charge < -0.3 is 14.4 Å². The minimum absolute atomic E-state index is 0.0418. The number of carbonyl (C=O) groups is 1. The molecule has 0 aliphatic rings. The number of aryl methyl sites for hydroxylation is 1. The second-order valence-electron chi connectivity index (χ2n) is 6.60. The highest BCUT2D eigenvalue weighted by molar-refractivity contribution is 7.18. The number of thiophene rings is 1. The summed E-state index contributed by atoms with van der Waals surface area (Å²) in [7, 11) is 3.71. The highest BCUT2D eigenvalue weighted by Crippen LogP contribution is 2.25. The summed E-state index contributed by atoms with van der Waals surface area (Å²) in [4.78, 5) is 32.6. The first-order valence-electron chi connectivity index (χ1n) is 8.97. The molecule has 3 rings (SSSR count). The number of rotatable bonds is 7. The van der Waals surface area contributed by atoms with Crippen LogP contribution in [0.4, 0.5) is 0 Å². The summed E-state index contributed by atoms with van der Waals surface area (Å²) >= 11 is 1.49. The predicted octanol–water partition coefficient (Wildman–Crippen LogP) is 2.34. The van der Waals surface area contributed by atoms with E-state index in [1.54, 1.807) is 30.8 Å². The topological polar surface area (TPSA) is 84.7 Å². The number of fused-ring (bicyclic) bond motifs is 1. The molecule has 28 heavy (non-hydrogen) atoms. The van der Waals surface area contributed by atoms with Gasteiger partial charge in [-0.3, -0.25) is 14.7 Å². The van der Waals surface area contributed by atoms with Crippen molar-refractivity contribution >= 4 is 27.5 Å². The summed E-state index contributed by atoms with van der Waals surface area (Å²) < 4.78 is 6.76. The first kappa shape index (κ1) is 20.2. The zero-order valence-electron chi connectivity index (χ0n) is 16.1. The van der Waals surface area contributed by atoms with Gasteiger partial charge in [0, 0.05) is 37.4 Å². The molecule has 7 nitrogen and oxygen atoms in total. The normalized spacial score (nSPS) is 12.5. The summed E-state index contributed by atoms with van der Waals surface area (Å²) in [5, 5.41) is 10.8.